The predicted octanol–water partition coefficient (Wildman–Crippen LogP) is 2.22. The molecule has 78 valence electrons. The van der Waals surface area contributed by atoms with Gasteiger partial charge in [0.15, 0.2) is 5.76 Å². The van der Waals surface area contributed by atoms with Crippen LogP contribution in [0.15, 0.2) is 16.0 Å². The summed E-state index contributed by atoms with van der Waals surface area (Å²) in [6, 6.07) is 2.13. The molecule has 0 aliphatic heterocycles. The Morgan fingerprint density at radius 1 is 1.53 bits per heavy atom. The van der Waals surface area contributed by atoms with Crippen molar-refractivity contribution in [3.63, 3.8) is 0 Å². The molecule has 0 bridgehead atoms. The van der Waals surface area contributed by atoms with Crippen LogP contribution in [0.5, 0.6) is 0 Å². The zero-order chi connectivity index (χ0) is 10.3. The highest BCUT2D eigenvalue weighted by Crippen LogP contribution is 2.37. The first-order valence-corrected chi connectivity index (χ1v) is 5.97. The number of aromatic nitrogens is 1. The minimum Gasteiger partial charge on any atom is -0.356 e. The highest BCUT2D eigenvalue weighted by Gasteiger charge is 2.24. The number of fused-ring (bicyclic) bond motifs is 3. The Bertz CT molecular complexity index is 486. The summed E-state index contributed by atoms with van der Waals surface area (Å²) in [5.74, 6) is 0.989. The van der Waals surface area contributed by atoms with Gasteiger partial charge in [-0.25, -0.2) is 0 Å². The third-order valence-electron chi connectivity index (χ3n) is 2.81. The number of rotatable bonds is 2. The Morgan fingerprint density at radius 2 is 2.47 bits per heavy atom. The standard InChI is InChI=1S/C11H12N2OS/c1-12-6-9-7-2-3-10-8(4-5-15-10)11(7)14-13-9/h4-5,12H,2-3,6H2,1H3. The number of thiophene rings is 1. The number of nitrogens with zero attached hydrogens (tertiary/aromatic N) is 1. The maximum Gasteiger partial charge on any atom is 0.171 e. The second-order valence-corrected chi connectivity index (χ2v) is 4.73. The van der Waals surface area contributed by atoms with E-state index < -0.39 is 0 Å². The van der Waals surface area contributed by atoms with Crippen LogP contribution in [0.4, 0.5) is 0 Å². The molecule has 0 fully saturated rings. The van der Waals surface area contributed by atoms with Gasteiger partial charge in [-0.2, -0.15) is 0 Å². The summed E-state index contributed by atoms with van der Waals surface area (Å²) < 4.78 is 5.44. The van der Waals surface area contributed by atoms with Crippen LogP contribution in [0.3, 0.4) is 0 Å². The topological polar surface area (TPSA) is 38.1 Å². The van der Waals surface area contributed by atoms with Crippen molar-refractivity contribution in [2.75, 3.05) is 7.05 Å². The Balaban J connectivity index is 2.11. The molecular weight excluding hydrogens is 208 g/mol. The lowest BCUT2D eigenvalue weighted by Gasteiger charge is -2.10. The van der Waals surface area contributed by atoms with E-state index >= 15 is 0 Å². The van der Waals surface area contributed by atoms with Gasteiger partial charge in [-0.05, 0) is 31.3 Å². The molecule has 4 heteroatoms. The second-order valence-electron chi connectivity index (χ2n) is 3.72. The smallest absolute Gasteiger partial charge is 0.171 e. The van der Waals surface area contributed by atoms with E-state index in [9.17, 15) is 0 Å². The van der Waals surface area contributed by atoms with E-state index in [1.54, 1.807) is 0 Å². The van der Waals surface area contributed by atoms with Crippen LogP contribution in [-0.2, 0) is 19.4 Å². The summed E-state index contributed by atoms with van der Waals surface area (Å²) in [4.78, 5) is 1.43. The number of aryl methyl sites for hydroxylation is 1. The SMILES string of the molecule is CNCc1noc2c1CCc1sccc1-2. The summed E-state index contributed by atoms with van der Waals surface area (Å²) in [6.07, 6.45) is 2.18. The fraction of sp³-hybridized carbons (Fsp3) is 0.364. The Labute approximate surface area is 92.1 Å². The minimum atomic E-state index is 0.790. The number of nitrogens with one attached hydrogen (secondary N) is 1. The zero-order valence-corrected chi connectivity index (χ0v) is 9.36. The quantitative estimate of drug-likeness (QED) is 0.843. The van der Waals surface area contributed by atoms with E-state index in [0.717, 1.165) is 30.8 Å². The van der Waals surface area contributed by atoms with E-state index in [-0.39, 0.29) is 0 Å². The largest absolute Gasteiger partial charge is 0.356 e. The number of hydrogen-bond acceptors (Lipinski definition) is 4. The lowest BCUT2D eigenvalue weighted by atomic mass is 9.96. The molecule has 2 aromatic rings. The van der Waals surface area contributed by atoms with Gasteiger partial charge in [0.05, 0.1) is 0 Å². The third-order valence-corrected chi connectivity index (χ3v) is 3.79. The molecule has 2 aromatic heterocycles. The molecule has 3 nitrogen and oxygen atoms in total. The molecule has 15 heavy (non-hydrogen) atoms. The van der Waals surface area contributed by atoms with Crippen molar-refractivity contribution in [2.24, 2.45) is 0 Å². The van der Waals surface area contributed by atoms with Crippen molar-refractivity contribution < 1.29 is 4.52 Å². The molecule has 0 atom stereocenters. The lowest BCUT2D eigenvalue weighted by molar-refractivity contribution is 0.420. The van der Waals surface area contributed by atoms with E-state index in [4.69, 9.17) is 4.52 Å². The Hall–Kier alpha value is -1.13. The van der Waals surface area contributed by atoms with Crippen LogP contribution in [0.25, 0.3) is 11.3 Å². The van der Waals surface area contributed by atoms with E-state index in [0.29, 0.717) is 0 Å². The molecule has 1 N–H and O–H groups in total. The molecule has 0 saturated carbocycles. The summed E-state index contributed by atoms with van der Waals surface area (Å²) in [7, 11) is 1.93. The zero-order valence-electron chi connectivity index (χ0n) is 8.54. The van der Waals surface area contributed by atoms with Crippen molar-refractivity contribution >= 4 is 11.3 Å². The lowest BCUT2D eigenvalue weighted by Crippen LogP contribution is -2.09. The maximum absolute atomic E-state index is 5.44. The van der Waals surface area contributed by atoms with Gasteiger partial charge in [-0.1, -0.05) is 5.16 Å². The van der Waals surface area contributed by atoms with Crippen molar-refractivity contribution in [3.05, 3.63) is 27.6 Å². The van der Waals surface area contributed by atoms with Crippen molar-refractivity contribution in [3.8, 4) is 11.3 Å². The van der Waals surface area contributed by atoms with Gasteiger partial charge >= 0.3 is 0 Å². The Kier molecular flexibility index (Phi) is 2.11. The molecule has 0 aromatic carbocycles. The van der Waals surface area contributed by atoms with E-state index in [2.05, 4.69) is 21.9 Å². The first kappa shape index (κ1) is 9.12. The van der Waals surface area contributed by atoms with Gasteiger partial charge in [0.2, 0.25) is 0 Å². The number of hydrogen-bond donors (Lipinski definition) is 1. The molecule has 3 rings (SSSR count). The fourth-order valence-corrected chi connectivity index (χ4v) is 2.97. The van der Waals surface area contributed by atoms with Crippen LogP contribution in [0.1, 0.15) is 16.1 Å². The molecule has 1 aliphatic carbocycles. The van der Waals surface area contributed by atoms with Gasteiger partial charge < -0.3 is 9.84 Å². The second kappa shape index (κ2) is 3.47. The highest BCUT2D eigenvalue weighted by molar-refractivity contribution is 7.10. The van der Waals surface area contributed by atoms with E-state index in [1.807, 2.05) is 18.4 Å². The minimum absolute atomic E-state index is 0.790. The Morgan fingerprint density at radius 3 is 3.33 bits per heavy atom. The molecule has 1 aliphatic rings. The maximum atomic E-state index is 5.44. The van der Waals surface area contributed by atoms with Gasteiger partial charge in [-0.15, -0.1) is 11.3 Å². The van der Waals surface area contributed by atoms with Gasteiger partial charge in [-0.3, -0.25) is 0 Å². The molecular formula is C11H12N2OS. The first-order valence-electron chi connectivity index (χ1n) is 5.09. The van der Waals surface area contributed by atoms with Crippen LogP contribution in [-0.4, -0.2) is 12.2 Å². The summed E-state index contributed by atoms with van der Waals surface area (Å²) >= 11 is 1.81. The average molecular weight is 220 g/mol. The summed E-state index contributed by atoms with van der Waals surface area (Å²) in [5, 5.41) is 9.38. The molecule has 0 amide bonds. The molecule has 2 heterocycles. The van der Waals surface area contributed by atoms with Crippen molar-refractivity contribution in [2.45, 2.75) is 19.4 Å². The molecule has 0 radical (unpaired) electrons. The van der Waals surface area contributed by atoms with Crippen LogP contribution in [0.2, 0.25) is 0 Å². The molecule has 0 spiro atoms. The third kappa shape index (κ3) is 1.33. The van der Waals surface area contributed by atoms with Gasteiger partial charge in [0.25, 0.3) is 0 Å². The monoisotopic (exact) mass is 220 g/mol. The van der Waals surface area contributed by atoms with Crippen LogP contribution in [0, 0.1) is 0 Å². The van der Waals surface area contributed by atoms with Crippen molar-refractivity contribution in [1.29, 1.82) is 0 Å². The predicted molar refractivity (Wildman–Crippen MR) is 60.0 cm³/mol. The van der Waals surface area contributed by atoms with Crippen LogP contribution < -0.4 is 5.32 Å². The summed E-state index contributed by atoms with van der Waals surface area (Å²) in [6.45, 7) is 0.790. The first-order chi connectivity index (χ1) is 7.40. The van der Waals surface area contributed by atoms with Crippen LogP contribution >= 0.6 is 11.3 Å². The molecule has 0 unspecified atom stereocenters. The van der Waals surface area contributed by atoms with Gasteiger partial charge in [0, 0.05) is 22.5 Å². The van der Waals surface area contributed by atoms with Crippen molar-refractivity contribution in [1.82, 2.24) is 10.5 Å². The fourth-order valence-electron chi connectivity index (χ4n) is 2.09. The highest BCUT2D eigenvalue weighted by atomic mass is 32.1. The van der Waals surface area contributed by atoms with E-state index in [1.165, 1.54) is 16.0 Å². The average Bonchev–Trinajstić information content (AvgIpc) is 2.83. The molecule has 0 saturated heterocycles. The normalized spacial score (nSPS) is 13.7. The summed E-state index contributed by atoms with van der Waals surface area (Å²) in [5.41, 5.74) is 3.59. The van der Waals surface area contributed by atoms with Gasteiger partial charge in [0.1, 0.15) is 5.69 Å².